The van der Waals surface area contributed by atoms with E-state index < -0.39 is 35.8 Å². The molecule has 14 heteroatoms. The number of hydrogen-bond donors (Lipinski definition) is 2. The first-order valence-corrected chi connectivity index (χ1v) is 8.69. The molecule has 0 aliphatic carbocycles. The summed E-state index contributed by atoms with van der Waals surface area (Å²) in [5, 5.41) is 8.99. The molecule has 2 N–H and O–H groups in total. The van der Waals surface area contributed by atoms with Crippen LogP contribution in [-0.4, -0.2) is 43.0 Å². The van der Waals surface area contributed by atoms with Crippen molar-refractivity contribution in [2.75, 3.05) is 5.32 Å². The quantitative estimate of drug-likeness (QED) is 0.601. The molecule has 0 fully saturated rings. The molecule has 0 radical (unpaired) electrons. The maximum absolute atomic E-state index is 13.3. The molecule has 3 heterocycles. The lowest BCUT2D eigenvalue weighted by Gasteiger charge is -2.31. The highest BCUT2D eigenvalue weighted by Gasteiger charge is 2.65. The molecule has 1 aliphatic rings. The van der Waals surface area contributed by atoms with Crippen molar-refractivity contribution in [3.8, 4) is 17.4 Å². The monoisotopic (exact) mass is 439 g/mol. The van der Waals surface area contributed by atoms with E-state index in [2.05, 4.69) is 40.2 Å². The molecule has 31 heavy (non-hydrogen) atoms. The molecule has 2 aromatic heterocycles. The Bertz CT molecular complexity index is 1110. The Hall–Kier alpha value is -3.97. The highest BCUT2D eigenvalue weighted by atomic mass is 19.3. The lowest BCUT2D eigenvalue weighted by atomic mass is 10.2. The number of ether oxygens (including phenoxy) is 2. The van der Waals surface area contributed by atoms with Gasteiger partial charge in [-0.15, -0.1) is 0 Å². The van der Waals surface area contributed by atoms with E-state index in [9.17, 15) is 22.4 Å². The number of carbonyl (C=O) groups excluding carboxylic acids is 1. The molecule has 162 valence electrons. The van der Waals surface area contributed by atoms with Gasteiger partial charge in [0.2, 0.25) is 0 Å². The Kier molecular flexibility index (Phi) is 4.83. The summed E-state index contributed by atoms with van der Waals surface area (Å²) in [6, 6.07) is 3.33. The predicted molar refractivity (Wildman–Crippen MR) is 95.1 cm³/mol. The van der Waals surface area contributed by atoms with Crippen LogP contribution in [0, 0.1) is 0 Å². The third-order valence-corrected chi connectivity index (χ3v) is 4.07. The number of benzene rings is 1. The van der Waals surface area contributed by atoms with Crippen molar-refractivity contribution in [3.05, 3.63) is 48.8 Å². The Labute approximate surface area is 171 Å². The van der Waals surface area contributed by atoms with E-state index in [1.165, 1.54) is 29.5 Å². The summed E-state index contributed by atoms with van der Waals surface area (Å²) in [5.74, 6) is -0.673. The van der Waals surface area contributed by atoms with E-state index in [1.807, 2.05) is 0 Å². The van der Waals surface area contributed by atoms with Gasteiger partial charge < -0.3 is 20.1 Å². The number of fused-ring (bicyclic) bond motifs is 1. The molecule has 10 nitrogen and oxygen atoms in total. The van der Waals surface area contributed by atoms with Crippen LogP contribution in [0.25, 0.3) is 5.95 Å². The van der Waals surface area contributed by atoms with Crippen LogP contribution in [0.3, 0.4) is 0 Å². The van der Waals surface area contributed by atoms with Crippen molar-refractivity contribution in [1.82, 2.24) is 30.0 Å². The third kappa shape index (κ3) is 3.91. The van der Waals surface area contributed by atoms with Crippen LogP contribution in [0.15, 0.2) is 43.0 Å². The largest absolute Gasteiger partial charge is 0.507 e. The van der Waals surface area contributed by atoms with Crippen LogP contribution in [0.1, 0.15) is 18.8 Å². The summed E-state index contributed by atoms with van der Waals surface area (Å²) in [6.45, 7) is 1.62. The van der Waals surface area contributed by atoms with Crippen LogP contribution < -0.4 is 20.1 Å². The second kappa shape index (κ2) is 7.37. The van der Waals surface area contributed by atoms with Gasteiger partial charge in [-0.2, -0.15) is 27.3 Å². The minimum atomic E-state index is -4.86. The van der Waals surface area contributed by atoms with Gasteiger partial charge in [0.15, 0.2) is 17.3 Å². The van der Waals surface area contributed by atoms with Gasteiger partial charge in [-0.25, -0.2) is 19.7 Å². The van der Waals surface area contributed by atoms with Crippen molar-refractivity contribution in [2.24, 2.45) is 0 Å². The van der Waals surface area contributed by atoms with Gasteiger partial charge in [0.25, 0.3) is 5.95 Å². The van der Waals surface area contributed by atoms with E-state index in [1.54, 1.807) is 13.0 Å². The number of nitrogens with zero attached hydrogens (tertiary/aromatic N) is 5. The van der Waals surface area contributed by atoms with E-state index in [-0.39, 0.29) is 11.6 Å². The summed E-state index contributed by atoms with van der Waals surface area (Å²) in [6.07, 6.45) is -5.39. The fourth-order valence-electron chi connectivity index (χ4n) is 2.67. The Morgan fingerprint density at radius 2 is 1.74 bits per heavy atom. The number of halogens is 4. The number of anilines is 1. The fourth-order valence-corrected chi connectivity index (χ4v) is 2.67. The van der Waals surface area contributed by atoms with Crippen LogP contribution >= 0.6 is 0 Å². The van der Waals surface area contributed by atoms with E-state index in [0.717, 1.165) is 12.1 Å². The number of urea groups is 1. The molecule has 4 rings (SSSR count). The molecule has 0 bridgehead atoms. The van der Waals surface area contributed by atoms with E-state index >= 15 is 0 Å². The smallest absolute Gasteiger partial charge is 0.421 e. The zero-order valence-corrected chi connectivity index (χ0v) is 15.6. The maximum Gasteiger partial charge on any atom is 0.507 e. The zero-order chi connectivity index (χ0) is 22.2. The van der Waals surface area contributed by atoms with Crippen molar-refractivity contribution in [2.45, 2.75) is 25.2 Å². The second-order valence-electron chi connectivity index (χ2n) is 6.30. The van der Waals surface area contributed by atoms with Crippen LogP contribution in [0.2, 0.25) is 0 Å². The topological polar surface area (TPSA) is 116 Å². The van der Waals surface area contributed by atoms with Crippen molar-refractivity contribution in [1.29, 1.82) is 0 Å². The van der Waals surface area contributed by atoms with Gasteiger partial charge in [0, 0.05) is 24.1 Å². The number of nitrogens with one attached hydrogen (secondary N) is 2. The second-order valence-corrected chi connectivity index (χ2v) is 6.30. The Morgan fingerprint density at radius 3 is 2.45 bits per heavy atom. The normalized spacial score (nSPS) is 16.9. The maximum atomic E-state index is 13.3. The number of hydrogen-bond acceptors (Lipinski definition) is 7. The number of carbonyl (C=O) groups is 1. The van der Waals surface area contributed by atoms with Crippen LogP contribution in [0.5, 0.6) is 11.5 Å². The lowest BCUT2D eigenvalue weighted by Crippen LogP contribution is -2.52. The fraction of sp³-hybridized carbons (Fsp3) is 0.235. The van der Waals surface area contributed by atoms with Gasteiger partial charge in [-0.3, -0.25) is 0 Å². The molecule has 0 spiro atoms. The van der Waals surface area contributed by atoms with Gasteiger partial charge in [0.1, 0.15) is 6.33 Å². The molecule has 0 saturated carbocycles. The summed E-state index contributed by atoms with van der Waals surface area (Å²) in [4.78, 5) is 24.5. The summed E-state index contributed by atoms with van der Waals surface area (Å²) in [5.41, 5.74) is 0.000857. The van der Waals surface area contributed by atoms with Crippen molar-refractivity contribution in [3.63, 3.8) is 0 Å². The van der Waals surface area contributed by atoms with Crippen LogP contribution in [0.4, 0.5) is 28.0 Å². The van der Waals surface area contributed by atoms with Crippen molar-refractivity contribution < 1.29 is 31.8 Å². The molecule has 0 unspecified atom stereocenters. The molecule has 3 aromatic rings. The predicted octanol–water partition coefficient (Wildman–Crippen LogP) is 2.90. The molecule has 0 saturated heterocycles. The summed E-state index contributed by atoms with van der Waals surface area (Å²) < 4.78 is 62.5. The minimum absolute atomic E-state index is 0.000857. The van der Waals surface area contributed by atoms with Gasteiger partial charge in [0.05, 0.1) is 6.04 Å². The first-order valence-electron chi connectivity index (χ1n) is 8.69. The van der Waals surface area contributed by atoms with Crippen LogP contribution in [-0.2, 0) is 0 Å². The molecular formula is C17H13F4N7O3. The SMILES string of the molecule is C[C@H](NC(=O)Nc1ccc2c(c1)OC(F)(F)C(F)(F)O2)c1ncnn1-c1ncccn1. The standard InChI is InChI=1S/C17H13F4N7O3/c1-9(13-24-8-25-28(13)14-22-5-2-6-23-14)26-15(29)27-10-3-4-11-12(7-10)31-17(20,21)16(18,19)30-11/h2-9H,1H3,(H2,26,27,29)/t9-/m0/s1. The van der Waals surface area contributed by atoms with Gasteiger partial charge in [-0.1, -0.05) is 0 Å². The minimum Gasteiger partial charge on any atom is -0.421 e. The third-order valence-electron chi connectivity index (χ3n) is 4.07. The first kappa shape index (κ1) is 20.3. The van der Waals surface area contributed by atoms with E-state index in [4.69, 9.17) is 0 Å². The molecular weight excluding hydrogens is 426 g/mol. The Balaban J connectivity index is 1.45. The molecule has 1 atom stereocenters. The average Bonchev–Trinajstić information content (AvgIpc) is 3.19. The number of alkyl halides is 4. The molecule has 1 aliphatic heterocycles. The van der Waals surface area contributed by atoms with Gasteiger partial charge >= 0.3 is 18.2 Å². The highest BCUT2D eigenvalue weighted by Crippen LogP contribution is 2.47. The Morgan fingerprint density at radius 1 is 1.06 bits per heavy atom. The number of amides is 2. The number of rotatable bonds is 4. The summed E-state index contributed by atoms with van der Waals surface area (Å²) in [7, 11) is 0. The zero-order valence-electron chi connectivity index (χ0n) is 15.6. The lowest BCUT2D eigenvalue weighted by molar-refractivity contribution is -0.391. The average molecular weight is 439 g/mol. The first-order chi connectivity index (χ1) is 14.7. The number of aromatic nitrogens is 5. The van der Waals surface area contributed by atoms with Gasteiger partial charge in [-0.05, 0) is 25.1 Å². The molecule has 2 amide bonds. The van der Waals surface area contributed by atoms with E-state index in [0.29, 0.717) is 5.82 Å². The molecule has 1 aromatic carbocycles. The summed E-state index contributed by atoms with van der Waals surface area (Å²) >= 11 is 0. The highest BCUT2D eigenvalue weighted by molar-refractivity contribution is 5.89. The van der Waals surface area contributed by atoms with Crippen molar-refractivity contribution >= 4 is 11.7 Å².